The van der Waals surface area contributed by atoms with Gasteiger partial charge in [0.2, 0.25) is 0 Å². The summed E-state index contributed by atoms with van der Waals surface area (Å²) >= 11 is 0. The molecule has 3 heterocycles. The van der Waals surface area contributed by atoms with Crippen molar-refractivity contribution < 1.29 is 4.79 Å². The van der Waals surface area contributed by atoms with Gasteiger partial charge in [-0.3, -0.25) is 14.6 Å². The summed E-state index contributed by atoms with van der Waals surface area (Å²) in [6.07, 6.45) is 2.89. The van der Waals surface area contributed by atoms with E-state index >= 15 is 0 Å². The first-order chi connectivity index (χ1) is 10.6. The maximum atomic E-state index is 12.3. The van der Waals surface area contributed by atoms with Crippen LogP contribution in [-0.2, 0) is 0 Å². The van der Waals surface area contributed by atoms with Crippen LogP contribution in [0.15, 0.2) is 40.2 Å². The third-order valence-electron chi connectivity index (χ3n) is 3.59. The molecule has 8 nitrogen and oxygen atoms in total. The molecule has 22 heavy (non-hydrogen) atoms. The Bertz CT molecular complexity index is 775. The average molecular weight is 301 g/mol. The van der Waals surface area contributed by atoms with Crippen LogP contribution < -0.4 is 16.1 Å². The van der Waals surface area contributed by atoms with Gasteiger partial charge in [0, 0.05) is 38.6 Å². The first-order valence-corrected chi connectivity index (χ1v) is 6.92. The highest BCUT2D eigenvalue weighted by Crippen LogP contribution is 2.13. The second kappa shape index (κ2) is 5.84. The van der Waals surface area contributed by atoms with Gasteiger partial charge in [-0.25, -0.2) is 9.78 Å². The molecule has 2 aromatic rings. The van der Waals surface area contributed by atoms with E-state index in [1.807, 2.05) is 18.2 Å². The van der Waals surface area contributed by atoms with Gasteiger partial charge in [0.15, 0.2) is 0 Å². The van der Waals surface area contributed by atoms with Gasteiger partial charge in [0.05, 0.1) is 0 Å². The molecule has 1 aliphatic rings. The van der Waals surface area contributed by atoms with Gasteiger partial charge in [-0.15, -0.1) is 0 Å². The second-order valence-corrected chi connectivity index (χ2v) is 4.95. The molecule has 0 aromatic carbocycles. The van der Waals surface area contributed by atoms with Gasteiger partial charge in [0.1, 0.15) is 11.4 Å². The van der Waals surface area contributed by atoms with Crippen molar-refractivity contribution in [1.82, 2.24) is 19.9 Å². The third-order valence-corrected chi connectivity index (χ3v) is 3.59. The molecular weight excluding hydrogens is 286 g/mol. The van der Waals surface area contributed by atoms with Crippen molar-refractivity contribution in [1.29, 1.82) is 0 Å². The van der Waals surface area contributed by atoms with Crippen LogP contribution in [0.25, 0.3) is 0 Å². The lowest BCUT2D eigenvalue weighted by molar-refractivity contribution is 0.0744. The van der Waals surface area contributed by atoms with Crippen LogP contribution in [-0.4, -0.2) is 51.9 Å². The highest BCUT2D eigenvalue weighted by Gasteiger charge is 2.24. The minimum atomic E-state index is -0.666. The number of carbonyl (C=O) groups excluding carboxylic acids is 1. The van der Waals surface area contributed by atoms with Crippen molar-refractivity contribution in [2.75, 3.05) is 31.1 Å². The first-order valence-electron chi connectivity index (χ1n) is 6.92. The molecule has 2 N–H and O–H groups in total. The summed E-state index contributed by atoms with van der Waals surface area (Å²) < 4.78 is 0. The fourth-order valence-electron chi connectivity index (χ4n) is 2.42. The van der Waals surface area contributed by atoms with E-state index in [2.05, 4.69) is 19.9 Å². The zero-order valence-corrected chi connectivity index (χ0v) is 11.8. The number of hydrogen-bond donors (Lipinski definition) is 2. The number of rotatable bonds is 2. The highest BCUT2D eigenvalue weighted by atomic mass is 16.2. The molecule has 0 radical (unpaired) electrons. The first kappa shape index (κ1) is 14.1. The van der Waals surface area contributed by atoms with Crippen molar-refractivity contribution >= 4 is 11.7 Å². The molecule has 0 unspecified atom stereocenters. The Labute approximate surface area is 125 Å². The number of piperazine rings is 1. The van der Waals surface area contributed by atoms with Crippen LogP contribution in [0.4, 0.5) is 5.82 Å². The van der Waals surface area contributed by atoms with Crippen molar-refractivity contribution in [2.24, 2.45) is 0 Å². The molecule has 1 amide bonds. The summed E-state index contributed by atoms with van der Waals surface area (Å²) in [6.45, 7) is 2.27. The Hall–Kier alpha value is -2.90. The molecule has 1 fully saturated rings. The number of carbonyl (C=O) groups is 1. The molecule has 114 valence electrons. The monoisotopic (exact) mass is 301 g/mol. The molecule has 0 atom stereocenters. The zero-order valence-electron chi connectivity index (χ0n) is 11.8. The van der Waals surface area contributed by atoms with Gasteiger partial charge in [-0.1, -0.05) is 6.07 Å². The number of aromatic amines is 2. The zero-order chi connectivity index (χ0) is 15.5. The largest absolute Gasteiger partial charge is 0.353 e. The molecule has 0 bridgehead atoms. The quantitative estimate of drug-likeness (QED) is 0.772. The van der Waals surface area contributed by atoms with Crippen LogP contribution in [0.3, 0.4) is 0 Å². The number of aromatic nitrogens is 3. The number of nitrogens with zero attached hydrogens (tertiary/aromatic N) is 3. The number of anilines is 1. The summed E-state index contributed by atoms with van der Waals surface area (Å²) in [6, 6.07) is 5.69. The Kier molecular flexibility index (Phi) is 3.73. The summed E-state index contributed by atoms with van der Waals surface area (Å²) in [5, 5.41) is 0. The van der Waals surface area contributed by atoms with Crippen molar-refractivity contribution in [3.8, 4) is 0 Å². The average Bonchev–Trinajstić information content (AvgIpc) is 2.55. The molecule has 2 aromatic heterocycles. The van der Waals surface area contributed by atoms with Crippen LogP contribution >= 0.6 is 0 Å². The fourth-order valence-corrected chi connectivity index (χ4v) is 2.42. The minimum Gasteiger partial charge on any atom is -0.353 e. The lowest BCUT2D eigenvalue weighted by Crippen LogP contribution is -2.50. The Morgan fingerprint density at radius 3 is 2.55 bits per heavy atom. The summed E-state index contributed by atoms with van der Waals surface area (Å²) in [5.74, 6) is 0.495. The van der Waals surface area contributed by atoms with Crippen molar-refractivity contribution in [2.45, 2.75) is 0 Å². The van der Waals surface area contributed by atoms with Crippen LogP contribution in [0.1, 0.15) is 10.4 Å². The topological polar surface area (TPSA) is 102 Å². The van der Waals surface area contributed by atoms with Gasteiger partial charge in [0.25, 0.3) is 11.5 Å². The number of H-pyrrole nitrogens is 2. The van der Waals surface area contributed by atoms with Crippen molar-refractivity contribution in [3.05, 3.63) is 57.0 Å². The maximum Gasteiger partial charge on any atom is 0.325 e. The van der Waals surface area contributed by atoms with Crippen LogP contribution in [0.2, 0.25) is 0 Å². The Morgan fingerprint density at radius 2 is 1.91 bits per heavy atom. The fraction of sp³-hybridized carbons (Fsp3) is 0.286. The van der Waals surface area contributed by atoms with Gasteiger partial charge in [-0.05, 0) is 12.1 Å². The molecule has 1 saturated heterocycles. The Morgan fingerprint density at radius 1 is 1.14 bits per heavy atom. The van der Waals surface area contributed by atoms with E-state index in [0.717, 1.165) is 12.0 Å². The van der Waals surface area contributed by atoms with E-state index in [4.69, 9.17) is 0 Å². The third kappa shape index (κ3) is 2.76. The van der Waals surface area contributed by atoms with Crippen molar-refractivity contribution in [3.63, 3.8) is 0 Å². The summed E-state index contributed by atoms with van der Waals surface area (Å²) in [7, 11) is 0. The van der Waals surface area contributed by atoms with E-state index in [1.54, 1.807) is 11.1 Å². The van der Waals surface area contributed by atoms with E-state index in [0.29, 0.717) is 26.2 Å². The van der Waals surface area contributed by atoms with Gasteiger partial charge in [-0.2, -0.15) is 0 Å². The smallest absolute Gasteiger partial charge is 0.325 e. The summed E-state index contributed by atoms with van der Waals surface area (Å²) in [5.41, 5.74) is -1.34. The number of nitrogens with one attached hydrogen (secondary N) is 2. The summed E-state index contributed by atoms with van der Waals surface area (Å²) in [4.78, 5) is 47.3. The normalized spacial score (nSPS) is 14.9. The SMILES string of the molecule is O=C(c1c[nH]c(=O)[nH]c1=O)N1CCN(c2ccccn2)CC1. The lowest BCUT2D eigenvalue weighted by Gasteiger charge is -2.35. The number of pyridine rings is 1. The maximum absolute atomic E-state index is 12.3. The molecule has 8 heteroatoms. The molecule has 3 rings (SSSR count). The van der Waals surface area contributed by atoms with Gasteiger partial charge >= 0.3 is 5.69 Å². The van der Waals surface area contributed by atoms with E-state index in [-0.39, 0.29) is 11.5 Å². The predicted octanol–water partition coefficient (Wildman–Crippen LogP) is -0.579. The van der Waals surface area contributed by atoms with E-state index in [9.17, 15) is 14.4 Å². The minimum absolute atomic E-state index is 0.0501. The molecular formula is C14H15N5O3. The molecule has 0 aliphatic carbocycles. The molecule has 0 saturated carbocycles. The highest BCUT2D eigenvalue weighted by molar-refractivity contribution is 5.93. The number of hydrogen-bond acceptors (Lipinski definition) is 5. The van der Waals surface area contributed by atoms with Crippen LogP contribution in [0, 0.1) is 0 Å². The molecule has 0 spiro atoms. The van der Waals surface area contributed by atoms with E-state index < -0.39 is 11.2 Å². The predicted molar refractivity (Wildman–Crippen MR) is 80.0 cm³/mol. The lowest BCUT2D eigenvalue weighted by atomic mass is 10.2. The molecule has 1 aliphatic heterocycles. The number of amides is 1. The van der Waals surface area contributed by atoms with Gasteiger partial charge < -0.3 is 14.8 Å². The van der Waals surface area contributed by atoms with Crippen LogP contribution in [0.5, 0.6) is 0 Å². The Balaban J connectivity index is 1.70. The van der Waals surface area contributed by atoms with E-state index in [1.165, 1.54) is 0 Å². The second-order valence-electron chi connectivity index (χ2n) is 4.95. The standard InChI is InChI=1S/C14H15N5O3/c20-12-10(9-16-14(22)17-12)13(21)19-7-5-18(6-8-19)11-3-1-2-4-15-11/h1-4,9H,5-8H2,(H2,16,17,20,22).